The van der Waals surface area contributed by atoms with Crippen molar-refractivity contribution in [3.63, 3.8) is 0 Å². The Labute approximate surface area is 135 Å². The van der Waals surface area contributed by atoms with Crippen LogP contribution in [0.5, 0.6) is 0 Å². The number of aliphatic hydroxyl groups is 1. The second-order valence-corrected chi connectivity index (χ2v) is 7.54. The molecule has 112 valence electrons. The quantitative estimate of drug-likeness (QED) is 0.874. The summed E-state index contributed by atoms with van der Waals surface area (Å²) in [5, 5.41) is 10.2. The number of hydrogen-bond acceptors (Lipinski definition) is 4. The van der Waals surface area contributed by atoms with Crippen molar-refractivity contribution in [2.24, 2.45) is 5.92 Å². The molecule has 1 saturated carbocycles. The lowest BCUT2D eigenvalue weighted by Crippen LogP contribution is -2.39. The molecule has 0 atom stereocenters. The summed E-state index contributed by atoms with van der Waals surface area (Å²) in [4.78, 5) is 14.9. The molecule has 3 rings (SSSR count). The molecule has 3 N–H and O–H groups in total. The number of aliphatic hydroxyl groups excluding tert-OH is 1. The van der Waals surface area contributed by atoms with Crippen LogP contribution in [0.3, 0.4) is 0 Å². The zero-order valence-corrected chi connectivity index (χ0v) is 14.1. The number of halogens is 1. The van der Waals surface area contributed by atoms with Crippen LogP contribution in [0.15, 0.2) is 22.7 Å². The topological polar surface area (TPSA) is 66.6 Å². The molecule has 1 aliphatic carbocycles. The van der Waals surface area contributed by atoms with E-state index in [1.54, 1.807) is 11.9 Å². The Bertz CT molecular complexity index is 694. The molecule has 4 nitrogen and oxygen atoms in total. The predicted octanol–water partition coefficient (Wildman–Crippen LogP) is 3.09. The van der Waals surface area contributed by atoms with Gasteiger partial charge in [-0.05, 0) is 30.9 Å². The second-order valence-electron chi connectivity index (χ2n) is 5.63. The van der Waals surface area contributed by atoms with Gasteiger partial charge in [-0.15, -0.1) is 11.3 Å². The second kappa shape index (κ2) is 5.59. The molecule has 0 saturated heterocycles. The van der Waals surface area contributed by atoms with Gasteiger partial charge in [-0.2, -0.15) is 0 Å². The minimum atomic E-state index is -0.191. The average Bonchev–Trinajstić information content (AvgIpc) is 2.74. The van der Waals surface area contributed by atoms with Crippen LogP contribution in [0.2, 0.25) is 0 Å². The van der Waals surface area contributed by atoms with Crippen molar-refractivity contribution in [3.05, 3.63) is 27.5 Å². The molecule has 0 unspecified atom stereocenters. The molecule has 1 heterocycles. The zero-order valence-electron chi connectivity index (χ0n) is 11.7. The molecule has 1 aromatic carbocycles. The number of nitrogen functional groups attached to an aromatic ring is 1. The monoisotopic (exact) mass is 368 g/mol. The maximum Gasteiger partial charge on any atom is 0.265 e. The molecule has 0 bridgehead atoms. The van der Waals surface area contributed by atoms with E-state index >= 15 is 0 Å². The number of amides is 1. The van der Waals surface area contributed by atoms with Crippen molar-refractivity contribution in [1.29, 1.82) is 0 Å². The van der Waals surface area contributed by atoms with Gasteiger partial charge in [0.25, 0.3) is 5.91 Å². The number of nitrogens with two attached hydrogens (primary N) is 1. The number of nitrogens with zero attached hydrogens (tertiary/aromatic N) is 1. The van der Waals surface area contributed by atoms with Crippen molar-refractivity contribution in [2.45, 2.75) is 18.9 Å². The highest BCUT2D eigenvalue weighted by atomic mass is 79.9. The summed E-state index contributed by atoms with van der Waals surface area (Å²) in [6, 6.07) is 5.84. The summed E-state index contributed by atoms with van der Waals surface area (Å²) in [5.41, 5.74) is 6.72. The van der Waals surface area contributed by atoms with E-state index in [0.29, 0.717) is 23.0 Å². The van der Waals surface area contributed by atoms with E-state index in [-0.39, 0.29) is 12.0 Å². The highest BCUT2D eigenvalue weighted by Gasteiger charge is 2.30. The lowest BCUT2D eigenvalue weighted by atomic mass is 9.82. The molecule has 2 aromatic rings. The van der Waals surface area contributed by atoms with Gasteiger partial charge in [0.15, 0.2) is 0 Å². The molecule has 21 heavy (non-hydrogen) atoms. The minimum Gasteiger partial charge on any atom is -0.397 e. The van der Waals surface area contributed by atoms with Gasteiger partial charge in [0.2, 0.25) is 0 Å². The van der Waals surface area contributed by atoms with E-state index in [2.05, 4.69) is 15.9 Å². The van der Waals surface area contributed by atoms with Crippen molar-refractivity contribution in [3.8, 4) is 0 Å². The smallest absolute Gasteiger partial charge is 0.265 e. The Balaban J connectivity index is 1.84. The fourth-order valence-corrected chi connectivity index (χ4v) is 4.64. The Morgan fingerprint density at radius 1 is 1.52 bits per heavy atom. The minimum absolute atomic E-state index is 0.0398. The van der Waals surface area contributed by atoms with Crippen molar-refractivity contribution >= 4 is 48.9 Å². The lowest BCUT2D eigenvalue weighted by Gasteiger charge is -2.34. The first-order chi connectivity index (χ1) is 9.97. The first-order valence-electron chi connectivity index (χ1n) is 6.87. The molecule has 1 aromatic heterocycles. The van der Waals surface area contributed by atoms with Crippen LogP contribution in [-0.4, -0.2) is 35.6 Å². The Morgan fingerprint density at radius 2 is 2.24 bits per heavy atom. The molecule has 0 spiro atoms. The first-order valence-corrected chi connectivity index (χ1v) is 8.48. The van der Waals surface area contributed by atoms with Gasteiger partial charge in [0.1, 0.15) is 4.88 Å². The van der Waals surface area contributed by atoms with E-state index in [4.69, 9.17) is 5.73 Å². The molecule has 0 aliphatic heterocycles. The van der Waals surface area contributed by atoms with Crippen molar-refractivity contribution < 1.29 is 9.90 Å². The number of anilines is 1. The molecule has 0 radical (unpaired) electrons. The maximum atomic E-state index is 12.6. The summed E-state index contributed by atoms with van der Waals surface area (Å²) >= 11 is 4.92. The normalized spacial score (nSPS) is 21.3. The van der Waals surface area contributed by atoms with Crippen LogP contribution < -0.4 is 5.73 Å². The molecular weight excluding hydrogens is 352 g/mol. The zero-order chi connectivity index (χ0) is 15.1. The number of thiophene rings is 1. The van der Waals surface area contributed by atoms with Crippen LogP contribution >= 0.6 is 27.3 Å². The standard InChI is InChI=1S/C15H17BrN2O2S/c1-18(7-8-5-9(19)6-8)15(20)14-13(17)12-10(16)3-2-4-11(12)21-14/h2-4,8-9,19H,5-7,17H2,1H3. The summed E-state index contributed by atoms with van der Waals surface area (Å²) in [5.74, 6) is 0.360. The highest BCUT2D eigenvalue weighted by Crippen LogP contribution is 2.39. The van der Waals surface area contributed by atoms with E-state index in [9.17, 15) is 9.90 Å². The van der Waals surface area contributed by atoms with Crippen LogP contribution in [0.1, 0.15) is 22.5 Å². The van der Waals surface area contributed by atoms with Crippen LogP contribution in [0.4, 0.5) is 5.69 Å². The van der Waals surface area contributed by atoms with E-state index in [1.807, 2.05) is 18.2 Å². The van der Waals surface area contributed by atoms with Gasteiger partial charge in [0.05, 0.1) is 11.8 Å². The van der Waals surface area contributed by atoms with Gasteiger partial charge >= 0.3 is 0 Å². The Kier molecular flexibility index (Phi) is 3.94. The van der Waals surface area contributed by atoms with Crippen LogP contribution in [-0.2, 0) is 0 Å². The number of hydrogen-bond donors (Lipinski definition) is 2. The number of fused-ring (bicyclic) bond motifs is 1. The third-order valence-electron chi connectivity index (χ3n) is 3.99. The fraction of sp³-hybridized carbons (Fsp3) is 0.400. The Morgan fingerprint density at radius 3 is 2.86 bits per heavy atom. The van der Waals surface area contributed by atoms with Crippen molar-refractivity contribution in [1.82, 2.24) is 4.90 Å². The Hall–Kier alpha value is -1.11. The molecule has 1 aliphatic rings. The number of carbonyl (C=O) groups excluding carboxylic acids is 1. The number of carbonyl (C=O) groups is 1. The van der Waals surface area contributed by atoms with Crippen LogP contribution in [0, 0.1) is 5.92 Å². The van der Waals surface area contributed by atoms with E-state index < -0.39 is 0 Å². The maximum absolute atomic E-state index is 12.6. The van der Waals surface area contributed by atoms with Crippen LogP contribution in [0.25, 0.3) is 10.1 Å². The summed E-state index contributed by atoms with van der Waals surface area (Å²) in [6.45, 7) is 0.671. The largest absolute Gasteiger partial charge is 0.397 e. The number of benzene rings is 1. The molecular formula is C15H17BrN2O2S. The highest BCUT2D eigenvalue weighted by molar-refractivity contribution is 9.10. The third kappa shape index (κ3) is 2.67. The van der Waals surface area contributed by atoms with Gasteiger partial charge in [0, 0.05) is 28.2 Å². The molecule has 1 fully saturated rings. The first kappa shape index (κ1) is 14.8. The molecule has 6 heteroatoms. The van der Waals surface area contributed by atoms with Gasteiger partial charge in [-0.25, -0.2) is 0 Å². The summed E-state index contributed by atoms with van der Waals surface area (Å²) < 4.78 is 1.93. The van der Waals surface area contributed by atoms with Crippen molar-refractivity contribution in [2.75, 3.05) is 19.3 Å². The van der Waals surface area contributed by atoms with E-state index in [1.165, 1.54) is 11.3 Å². The average molecular weight is 369 g/mol. The molecule has 1 amide bonds. The fourth-order valence-electron chi connectivity index (χ4n) is 2.78. The van der Waals surface area contributed by atoms with Gasteiger partial charge < -0.3 is 15.7 Å². The summed E-state index contributed by atoms with van der Waals surface area (Å²) in [7, 11) is 1.80. The van der Waals surface area contributed by atoms with Gasteiger partial charge in [-0.1, -0.05) is 22.0 Å². The van der Waals surface area contributed by atoms with Gasteiger partial charge in [-0.3, -0.25) is 4.79 Å². The lowest BCUT2D eigenvalue weighted by molar-refractivity contribution is 0.0267. The SMILES string of the molecule is CN(CC1CC(O)C1)C(=O)c1sc2cccc(Br)c2c1N. The predicted molar refractivity (Wildman–Crippen MR) is 89.6 cm³/mol. The number of rotatable bonds is 3. The van der Waals surface area contributed by atoms with E-state index in [0.717, 1.165) is 27.4 Å². The summed E-state index contributed by atoms with van der Waals surface area (Å²) in [6.07, 6.45) is 1.37. The third-order valence-corrected chi connectivity index (χ3v) is 5.80.